The minimum atomic E-state index is -0.592. The van der Waals surface area contributed by atoms with Crippen LogP contribution in [0.2, 0.25) is 0 Å². The molecule has 0 aromatic heterocycles. The Morgan fingerprint density at radius 1 is 1.62 bits per heavy atom. The van der Waals surface area contributed by atoms with Crippen molar-refractivity contribution in [3.63, 3.8) is 0 Å². The minimum absolute atomic E-state index is 0.103. The number of nitro benzene ring substituents is 1. The number of aliphatic hydroxyl groups is 1. The monoisotopic (exact) mass is 296 g/mol. The van der Waals surface area contributed by atoms with Gasteiger partial charge in [0, 0.05) is 24.7 Å². The van der Waals surface area contributed by atoms with Gasteiger partial charge in [0.25, 0.3) is 5.91 Å². The van der Waals surface area contributed by atoms with E-state index in [4.69, 9.17) is 14.6 Å². The average molecular weight is 296 g/mol. The molecule has 0 bridgehead atoms. The lowest BCUT2D eigenvalue weighted by Gasteiger charge is -2.32. The molecule has 8 heteroatoms. The molecule has 1 aliphatic heterocycles. The van der Waals surface area contributed by atoms with E-state index in [1.165, 1.54) is 30.2 Å². The van der Waals surface area contributed by atoms with E-state index in [-0.39, 0.29) is 36.1 Å². The Morgan fingerprint density at radius 2 is 2.38 bits per heavy atom. The van der Waals surface area contributed by atoms with Crippen LogP contribution in [0.15, 0.2) is 18.2 Å². The summed E-state index contributed by atoms with van der Waals surface area (Å²) in [6, 6.07) is 4.08. The SMILES string of the molecule is COc1ccc(C(=O)N2CCOC(CO)C2)cc1[N+](=O)[O-]. The van der Waals surface area contributed by atoms with E-state index in [0.717, 1.165) is 0 Å². The number of methoxy groups -OCH3 is 1. The third kappa shape index (κ3) is 3.29. The standard InChI is InChI=1S/C13H16N2O6/c1-20-12-3-2-9(6-11(12)15(18)19)13(17)14-4-5-21-10(7-14)8-16/h2-3,6,10,16H,4-5,7-8H2,1H3. The van der Waals surface area contributed by atoms with Crippen molar-refractivity contribution in [3.8, 4) is 5.75 Å². The van der Waals surface area contributed by atoms with E-state index < -0.39 is 11.0 Å². The normalized spacial score (nSPS) is 18.4. The molecule has 1 fully saturated rings. The van der Waals surface area contributed by atoms with Crippen molar-refractivity contribution in [1.29, 1.82) is 0 Å². The molecule has 1 N–H and O–H groups in total. The number of carbonyl (C=O) groups is 1. The number of amides is 1. The van der Waals surface area contributed by atoms with Crippen LogP contribution in [0.1, 0.15) is 10.4 Å². The zero-order chi connectivity index (χ0) is 15.4. The molecule has 1 saturated heterocycles. The van der Waals surface area contributed by atoms with Crippen molar-refractivity contribution in [2.45, 2.75) is 6.10 Å². The Labute approximate surface area is 121 Å². The molecule has 0 radical (unpaired) electrons. The number of nitrogens with zero attached hydrogens (tertiary/aromatic N) is 2. The fourth-order valence-corrected chi connectivity index (χ4v) is 2.16. The van der Waals surface area contributed by atoms with Crippen molar-refractivity contribution in [1.82, 2.24) is 4.90 Å². The van der Waals surface area contributed by atoms with Crippen LogP contribution < -0.4 is 4.74 Å². The van der Waals surface area contributed by atoms with E-state index in [0.29, 0.717) is 13.2 Å². The third-order valence-corrected chi connectivity index (χ3v) is 3.25. The zero-order valence-electron chi connectivity index (χ0n) is 11.5. The van der Waals surface area contributed by atoms with E-state index >= 15 is 0 Å². The van der Waals surface area contributed by atoms with Crippen LogP contribution in [0.3, 0.4) is 0 Å². The summed E-state index contributed by atoms with van der Waals surface area (Å²) in [5, 5.41) is 20.1. The lowest BCUT2D eigenvalue weighted by molar-refractivity contribution is -0.385. The Kier molecular flexibility index (Phi) is 4.71. The maximum Gasteiger partial charge on any atom is 0.311 e. The van der Waals surface area contributed by atoms with Crippen LogP contribution in [0, 0.1) is 10.1 Å². The van der Waals surface area contributed by atoms with E-state index in [9.17, 15) is 14.9 Å². The van der Waals surface area contributed by atoms with Gasteiger partial charge in [-0.2, -0.15) is 0 Å². The van der Waals surface area contributed by atoms with Gasteiger partial charge in [0.05, 0.1) is 31.4 Å². The third-order valence-electron chi connectivity index (χ3n) is 3.25. The summed E-state index contributed by atoms with van der Waals surface area (Å²) in [6.07, 6.45) is -0.420. The van der Waals surface area contributed by atoms with Gasteiger partial charge < -0.3 is 19.5 Å². The molecule has 0 saturated carbocycles. The summed E-state index contributed by atoms with van der Waals surface area (Å²) in [4.78, 5) is 24.3. The lowest BCUT2D eigenvalue weighted by atomic mass is 10.1. The molecule has 114 valence electrons. The summed E-state index contributed by atoms with van der Waals surface area (Å²) in [5.41, 5.74) is -0.0450. The predicted molar refractivity (Wildman–Crippen MR) is 72.4 cm³/mol. The largest absolute Gasteiger partial charge is 0.490 e. The van der Waals surface area contributed by atoms with Crippen LogP contribution in [-0.4, -0.2) is 60.4 Å². The van der Waals surface area contributed by atoms with Gasteiger partial charge in [0.2, 0.25) is 0 Å². The summed E-state index contributed by atoms with van der Waals surface area (Å²) in [5.74, 6) is -0.228. The smallest absolute Gasteiger partial charge is 0.311 e. The second-order valence-corrected chi connectivity index (χ2v) is 4.57. The van der Waals surface area contributed by atoms with Crippen LogP contribution in [0.5, 0.6) is 5.75 Å². The van der Waals surface area contributed by atoms with Gasteiger partial charge in [-0.1, -0.05) is 0 Å². The Morgan fingerprint density at radius 3 is 3.00 bits per heavy atom. The quantitative estimate of drug-likeness (QED) is 0.639. The highest BCUT2D eigenvalue weighted by atomic mass is 16.6. The van der Waals surface area contributed by atoms with Gasteiger partial charge in [-0.25, -0.2) is 0 Å². The molecular formula is C13H16N2O6. The molecule has 2 rings (SSSR count). The summed E-state index contributed by atoms with van der Waals surface area (Å²) in [7, 11) is 1.33. The summed E-state index contributed by atoms with van der Waals surface area (Å²) < 4.78 is 10.2. The highest BCUT2D eigenvalue weighted by Crippen LogP contribution is 2.28. The number of rotatable bonds is 4. The Hall–Kier alpha value is -2.19. The molecule has 1 aromatic carbocycles. The summed E-state index contributed by atoms with van der Waals surface area (Å²) >= 11 is 0. The van der Waals surface area contributed by atoms with Gasteiger partial charge in [0.1, 0.15) is 0 Å². The number of hydrogen-bond acceptors (Lipinski definition) is 6. The number of ether oxygens (including phenoxy) is 2. The van der Waals surface area contributed by atoms with Crippen molar-refractivity contribution in [3.05, 3.63) is 33.9 Å². The van der Waals surface area contributed by atoms with Gasteiger partial charge in [-0.3, -0.25) is 14.9 Å². The number of carbonyl (C=O) groups excluding carboxylic acids is 1. The maximum absolute atomic E-state index is 12.4. The summed E-state index contributed by atoms with van der Waals surface area (Å²) in [6.45, 7) is 0.798. The fourth-order valence-electron chi connectivity index (χ4n) is 2.16. The first-order valence-electron chi connectivity index (χ1n) is 6.41. The lowest BCUT2D eigenvalue weighted by Crippen LogP contribution is -2.46. The molecule has 1 amide bonds. The first-order chi connectivity index (χ1) is 10.1. The number of morpholine rings is 1. The number of nitro groups is 1. The van der Waals surface area contributed by atoms with Crippen LogP contribution in [0.4, 0.5) is 5.69 Å². The van der Waals surface area contributed by atoms with Crippen molar-refractivity contribution < 1.29 is 24.3 Å². The first kappa shape index (κ1) is 15.2. The van der Waals surface area contributed by atoms with Crippen LogP contribution in [0.25, 0.3) is 0 Å². The molecule has 1 atom stereocenters. The molecule has 8 nitrogen and oxygen atoms in total. The van der Waals surface area contributed by atoms with E-state index in [2.05, 4.69) is 0 Å². The van der Waals surface area contributed by atoms with Gasteiger partial charge >= 0.3 is 5.69 Å². The second kappa shape index (κ2) is 6.51. The van der Waals surface area contributed by atoms with Crippen molar-refractivity contribution in [2.24, 2.45) is 0 Å². The molecule has 0 spiro atoms. The number of benzene rings is 1. The Bertz CT molecular complexity index is 547. The predicted octanol–water partition coefficient (Wildman–Crippen LogP) is 0.437. The Balaban J connectivity index is 2.23. The number of hydrogen-bond donors (Lipinski definition) is 1. The fraction of sp³-hybridized carbons (Fsp3) is 0.462. The van der Waals surface area contributed by atoms with Gasteiger partial charge in [-0.15, -0.1) is 0 Å². The topological polar surface area (TPSA) is 102 Å². The average Bonchev–Trinajstić information content (AvgIpc) is 2.53. The van der Waals surface area contributed by atoms with Crippen LogP contribution >= 0.6 is 0 Å². The molecule has 1 aromatic rings. The van der Waals surface area contributed by atoms with Gasteiger partial charge in [-0.05, 0) is 12.1 Å². The van der Waals surface area contributed by atoms with Crippen molar-refractivity contribution in [2.75, 3.05) is 33.4 Å². The second-order valence-electron chi connectivity index (χ2n) is 4.57. The molecule has 0 aliphatic carbocycles. The van der Waals surface area contributed by atoms with E-state index in [1.54, 1.807) is 0 Å². The molecule has 1 aliphatic rings. The maximum atomic E-state index is 12.4. The molecule has 1 unspecified atom stereocenters. The molecule has 1 heterocycles. The van der Waals surface area contributed by atoms with E-state index in [1.807, 2.05) is 0 Å². The molecular weight excluding hydrogens is 280 g/mol. The highest BCUT2D eigenvalue weighted by Gasteiger charge is 2.26. The van der Waals surface area contributed by atoms with Gasteiger partial charge in [0.15, 0.2) is 5.75 Å². The first-order valence-corrected chi connectivity index (χ1v) is 6.41. The number of aliphatic hydroxyl groups excluding tert-OH is 1. The van der Waals surface area contributed by atoms with Crippen LogP contribution in [-0.2, 0) is 4.74 Å². The van der Waals surface area contributed by atoms with Crippen molar-refractivity contribution >= 4 is 11.6 Å². The minimum Gasteiger partial charge on any atom is -0.490 e. The highest BCUT2D eigenvalue weighted by molar-refractivity contribution is 5.95. The zero-order valence-corrected chi connectivity index (χ0v) is 11.5. The molecule has 21 heavy (non-hydrogen) atoms.